The smallest absolute Gasteiger partial charge is 0.211 e. The Labute approximate surface area is 239 Å². The lowest BCUT2D eigenvalue weighted by Crippen LogP contribution is -2.37. The number of ether oxygens (including phenoxy) is 2. The van der Waals surface area contributed by atoms with Crippen LogP contribution in [0.5, 0.6) is 11.5 Å². The molecule has 1 amide bonds. The number of hydrogen-bond acceptors (Lipinski definition) is 5. The molecule has 0 bridgehead atoms. The summed E-state index contributed by atoms with van der Waals surface area (Å²) in [6.07, 6.45) is -3.63. The van der Waals surface area contributed by atoms with Crippen LogP contribution >= 0.6 is 0 Å². The molecule has 6 nitrogen and oxygen atoms in total. The third-order valence-corrected chi connectivity index (χ3v) is 6.12. The van der Waals surface area contributed by atoms with Crippen molar-refractivity contribution in [2.75, 3.05) is 19.0 Å². The Morgan fingerprint density at radius 1 is 0.974 bits per heavy atom. The molecule has 39 heavy (non-hydrogen) atoms. The SMILES string of the molecule is [2H]C([2H])([2H])C([2H])(N(Cc1ccccc1)CC(O)c1ccc(OCc2ccccc2)c(NC=O)c1)C([2H])([2H])c1ccc(OC)cc1. The van der Waals surface area contributed by atoms with Gasteiger partial charge in [0, 0.05) is 27.3 Å². The number of aliphatic hydroxyl groups is 1. The highest BCUT2D eigenvalue weighted by Crippen LogP contribution is 2.30. The first-order valence-electron chi connectivity index (χ1n) is 15.5. The summed E-state index contributed by atoms with van der Waals surface area (Å²) in [5.74, 6) is 0.808. The van der Waals surface area contributed by atoms with E-state index in [-0.39, 0.29) is 24.4 Å². The van der Waals surface area contributed by atoms with Gasteiger partial charge in [0.2, 0.25) is 6.41 Å². The fourth-order valence-corrected chi connectivity index (χ4v) is 4.04. The number of carbonyl (C=O) groups excluding carboxylic acids is 1. The van der Waals surface area contributed by atoms with Crippen molar-refractivity contribution in [1.29, 1.82) is 0 Å². The summed E-state index contributed by atoms with van der Waals surface area (Å²) in [5, 5.41) is 14.1. The normalized spacial score (nSPS) is 16.3. The van der Waals surface area contributed by atoms with Crippen LogP contribution in [-0.4, -0.2) is 36.1 Å². The van der Waals surface area contributed by atoms with E-state index in [2.05, 4.69) is 5.32 Å². The number of aliphatic hydroxyl groups excluding tert-OH is 1. The molecule has 2 N–H and O–H groups in total. The summed E-state index contributed by atoms with van der Waals surface area (Å²) in [6.45, 7) is -3.49. The predicted octanol–water partition coefficient (Wildman–Crippen LogP) is 6.01. The number of nitrogens with one attached hydrogen (secondary N) is 1. The average molecular weight is 531 g/mol. The highest BCUT2D eigenvalue weighted by molar-refractivity contribution is 5.76. The first kappa shape index (κ1) is 20.8. The summed E-state index contributed by atoms with van der Waals surface area (Å²) in [7, 11) is 1.46. The molecular weight excluding hydrogens is 488 g/mol. The summed E-state index contributed by atoms with van der Waals surface area (Å²) in [6, 6.07) is 25.9. The molecule has 4 rings (SSSR count). The first-order chi connectivity index (χ1) is 21.4. The van der Waals surface area contributed by atoms with Gasteiger partial charge in [0.15, 0.2) is 0 Å². The molecule has 202 valence electrons. The molecule has 0 heterocycles. The van der Waals surface area contributed by atoms with E-state index in [1.165, 1.54) is 37.4 Å². The molecule has 4 aromatic rings. The van der Waals surface area contributed by atoms with Crippen LogP contribution in [0.1, 0.15) is 43.4 Å². The van der Waals surface area contributed by atoms with E-state index in [1.54, 1.807) is 42.5 Å². The number of amides is 1. The Balaban J connectivity index is 1.71. The van der Waals surface area contributed by atoms with Crippen LogP contribution in [0, 0.1) is 0 Å². The van der Waals surface area contributed by atoms with Gasteiger partial charge in [-0.2, -0.15) is 0 Å². The number of nitrogens with zero attached hydrogens (tertiary/aromatic N) is 1. The van der Waals surface area contributed by atoms with Gasteiger partial charge in [-0.25, -0.2) is 0 Å². The van der Waals surface area contributed by atoms with Crippen LogP contribution in [-0.2, 0) is 24.3 Å². The number of hydrogen-bond donors (Lipinski definition) is 2. The molecule has 0 saturated carbocycles. The Morgan fingerprint density at radius 2 is 1.67 bits per heavy atom. The molecule has 0 aromatic heterocycles. The Hall–Kier alpha value is -4.13. The number of anilines is 1. The minimum Gasteiger partial charge on any atom is -0.497 e. The topological polar surface area (TPSA) is 71.0 Å². The van der Waals surface area contributed by atoms with Crippen molar-refractivity contribution in [2.45, 2.75) is 38.5 Å². The number of rotatable bonds is 14. The highest BCUT2D eigenvalue weighted by atomic mass is 16.5. The quantitative estimate of drug-likeness (QED) is 0.195. The standard InChI is InChI=1S/C33H36N2O4/c1-25(19-26-13-16-30(38-2)17-14-26)35(21-27-9-5-3-6-10-27)22-32(37)29-15-18-33(31(20-29)34-24-36)39-23-28-11-7-4-8-12-28/h3-18,20,24-25,32,37H,19,21-23H2,1-2H3,(H,34,36)/i1D3,19D2,25D. The lowest BCUT2D eigenvalue weighted by atomic mass is 10.0. The van der Waals surface area contributed by atoms with Crippen molar-refractivity contribution in [3.63, 3.8) is 0 Å². The van der Waals surface area contributed by atoms with Gasteiger partial charge in [-0.3, -0.25) is 9.69 Å². The van der Waals surface area contributed by atoms with E-state index < -0.39 is 31.9 Å². The van der Waals surface area contributed by atoms with Gasteiger partial charge in [0.25, 0.3) is 0 Å². The van der Waals surface area contributed by atoms with E-state index in [4.69, 9.17) is 16.3 Å². The zero-order valence-electron chi connectivity index (χ0n) is 27.7. The van der Waals surface area contributed by atoms with Gasteiger partial charge in [-0.05, 0) is 59.7 Å². The zero-order chi connectivity index (χ0) is 32.7. The minimum absolute atomic E-state index is 0.0284. The van der Waals surface area contributed by atoms with Gasteiger partial charge in [-0.15, -0.1) is 0 Å². The summed E-state index contributed by atoms with van der Waals surface area (Å²) >= 11 is 0. The number of carbonyl (C=O) groups is 1. The molecule has 0 aliphatic heterocycles. The molecule has 2 unspecified atom stereocenters. The molecule has 0 aliphatic carbocycles. The van der Waals surface area contributed by atoms with Crippen molar-refractivity contribution < 1.29 is 27.6 Å². The lowest BCUT2D eigenvalue weighted by Gasteiger charge is -2.31. The van der Waals surface area contributed by atoms with E-state index in [0.29, 0.717) is 29.0 Å². The third kappa shape index (κ3) is 8.18. The van der Waals surface area contributed by atoms with Crippen LogP contribution < -0.4 is 14.8 Å². The Morgan fingerprint density at radius 3 is 2.31 bits per heavy atom. The van der Waals surface area contributed by atoms with E-state index in [0.717, 1.165) is 10.5 Å². The molecule has 0 saturated heterocycles. The molecule has 0 aliphatic rings. The molecule has 0 fully saturated rings. The molecule has 0 radical (unpaired) electrons. The van der Waals surface area contributed by atoms with Crippen LogP contribution in [0.4, 0.5) is 5.69 Å². The van der Waals surface area contributed by atoms with Crippen LogP contribution in [0.25, 0.3) is 0 Å². The van der Waals surface area contributed by atoms with Crippen molar-refractivity contribution in [3.8, 4) is 11.5 Å². The van der Waals surface area contributed by atoms with Crippen LogP contribution in [0.15, 0.2) is 103 Å². The first-order valence-corrected chi connectivity index (χ1v) is 12.5. The summed E-state index contributed by atoms with van der Waals surface area (Å²) in [5.41, 5.74) is 2.11. The second kappa shape index (κ2) is 14.1. The fourth-order valence-electron chi connectivity index (χ4n) is 4.04. The molecule has 4 aromatic carbocycles. The maximum absolute atomic E-state index is 11.5. The van der Waals surface area contributed by atoms with Gasteiger partial charge < -0.3 is 19.9 Å². The minimum atomic E-state index is -3.16. The largest absolute Gasteiger partial charge is 0.497 e. The Kier molecular flexibility index (Phi) is 7.54. The second-order valence-corrected chi connectivity index (χ2v) is 8.88. The maximum Gasteiger partial charge on any atom is 0.211 e. The van der Waals surface area contributed by atoms with Gasteiger partial charge in [0.05, 0.1) is 18.9 Å². The second-order valence-electron chi connectivity index (χ2n) is 8.88. The van der Waals surface area contributed by atoms with Crippen molar-refractivity contribution in [3.05, 3.63) is 125 Å². The highest BCUT2D eigenvalue weighted by Gasteiger charge is 2.21. The Bertz CT molecular complexity index is 1540. The molecule has 6 heteroatoms. The predicted molar refractivity (Wildman–Crippen MR) is 155 cm³/mol. The van der Waals surface area contributed by atoms with Gasteiger partial charge in [0.1, 0.15) is 18.1 Å². The molecule has 0 spiro atoms. The summed E-state index contributed by atoms with van der Waals surface area (Å²) in [4.78, 5) is 12.6. The van der Waals surface area contributed by atoms with Crippen molar-refractivity contribution in [1.82, 2.24) is 4.90 Å². The van der Waals surface area contributed by atoms with E-state index >= 15 is 0 Å². The molecular formula is C33H36N2O4. The fraction of sp³-hybridized carbons (Fsp3) is 0.242. The van der Waals surface area contributed by atoms with Crippen molar-refractivity contribution in [2.24, 2.45) is 0 Å². The summed E-state index contributed by atoms with van der Waals surface area (Å²) < 4.78 is 64.0. The van der Waals surface area contributed by atoms with Gasteiger partial charge in [-0.1, -0.05) is 78.9 Å². The van der Waals surface area contributed by atoms with E-state index in [9.17, 15) is 11.3 Å². The zero-order valence-corrected chi connectivity index (χ0v) is 21.7. The monoisotopic (exact) mass is 530 g/mol. The molecule has 2 atom stereocenters. The number of methoxy groups -OCH3 is 1. The lowest BCUT2D eigenvalue weighted by molar-refractivity contribution is -0.105. The van der Waals surface area contributed by atoms with Gasteiger partial charge >= 0.3 is 0 Å². The van der Waals surface area contributed by atoms with Crippen LogP contribution in [0.3, 0.4) is 0 Å². The average Bonchev–Trinajstić information content (AvgIpc) is 3.04. The maximum atomic E-state index is 11.5. The van der Waals surface area contributed by atoms with E-state index in [1.807, 2.05) is 30.3 Å². The number of benzene rings is 4. The van der Waals surface area contributed by atoms with Crippen molar-refractivity contribution >= 4 is 12.1 Å². The van der Waals surface area contributed by atoms with Crippen LogP contribution in [0.2, 0.25) is 0 Å². The third-order valence-electron chi connectivity index (χ3n) is 6.12.